The Balaban J connectivity index is 2.09. The number of nitrogens with zero attached hydrogens (tertiary/aromatic N) is 3. The van der Waals surface area contributed by atoms with Gasteiger partial charge in [-0.15, -0.1) is 0 Å². The Kier molecular flexibility index (Phi) is 3.89. The number of aryl methyl sites for hydroxylation is 2. The predicted molar refractivity (Wildman–Crippen MR) is 88.6 cm³/mol. The van der Waals surface area contributed by atoms with Crippen molar-refractivity contribution in [2.45, 2.75) is 20.4 Å². The SMILES string of the molecule is CCn1c(=O)c(C(=O)Nc2ncccc2C)cc2cccnc21. The van der Waals surface area contributed by atoms with Gasteiger partial charge in [-0.2, -0.15) is 0 Å². The van der Waals surface area contributed by atoms with E-state index < -0.39 is 5.91 Å². The van der Waals surface area contributed by atoms with Crippen LogP contribution in [-0.4, -0.2) is 20.4 Å². The normalized spacial score (nSPS) is 10.7. The molecular weight excluding hydrogens is 292 g/mol. The second-order valence-electron chi connectivity index (χ2n) is 5.15. The number of nitrogens with one attached hydrogen (secondary N) is 1. The van der Waals surface area contributed by atoms with E-state index >= 15 is 0 Å². The molecule has 0 spiro atoms. The molecule has 0 atom stereocenters. The summed E-state index contributed by atoms with van der Waals surface area (Å²) in [5.74, 6) is -0.0176. The van der Waals surface area contributed by atoms with Crippen molar-refractivity contribution in [3.8, 4) is 0 Å². The van der Waals surface area contributed by atoms with E-state index in [1.54, 1.807) is 30.6 Å². The molecule has 23 heavy (non-hydrogen) atoms. The molecule has 3 aromatic heterocycles. The zero-order valence-corrected chi connectivity index (χ0v) is 12.9. The molecule has 0 aliphatic rings. The van der Waals surface area contributed by atoms with Crippen molar-refractivity contribution in [2.24, 2.45) is 0 Å². The van der Waals surface area contributed by atoms with Crippen molar-refractivity contribution < 1.29 is 4.79 Å². The summed E-state index contributed by atoms with van der Waals surface area (Å²) in [6.07, 6.45) is 3.22. The molecule has 0 radical (unpaired) electrons. The molecule has 3 rings (SSSR count). The van der Waals surface area contributed by atoms with E-state index in [1.807, 2.05) is 26.0 Å². The number of pyridine rings is 3. The lowest BCUT2D eigenvalue weighted by atomic mass is 10.2. The molecular formula is C17H16N4O2. The van der Waals surface area contributed by atoms with Crippen molar-refractivity contribution in [1.82, 2.24) is 14.5 Å². The molecule has 0 saturated heterocycles. The number of hydrogen-bond acceptors (Lipinski definition) is 4. The second kappa shape index (κ2) is 6.00. The van der Waals surface area contributed by atoms with E-state index in [-0.39, 0.29) is 11.1 Å². The van der Waals surface area contributed by atoms with Crippen molar-refractivity contribution in [3.63, 3.8) is 0 Å². The average molecular weight is 308 g/mol. The summed E-state index contributed by atoms with van der Waals surface area (Å²) < 4.78 is 1.50. The highest BCUT2D eigenvalue weighted by Gasteiger charge is 2.16. The number of amides is 1. The Morgan fingerprint density at radius 2 is 1.96 bits per heavy atom. The van der Waals surface area contributed by atoms with Gasteiger partial charge >= 0.3 is 0 Å². The van der Waals surface area contributed by atoms with Crippen molar-refractivity contribution in [1.29, 1.82) is 0 Å². The van der Waals surface area contributed by atoms with Crippen LogP contribution in [0.4, 0.5) is 5.82 Å². The highest BCUT2D eigenvalue weighted by atomic mass is 16.2. The fourth-order valence-corrected chi connectivity index (χ4v) is 2.45. The van der Waals surface area contributed by atoms with Gasteiger partial charge in [0.15, 0.2) is 0 Å². The first-order valence-electron chi connectivity index (χ1n) is 7.33. The van der Waals surface area contributed by atoms with E-state index in [0.29, 0.717) is 18.0 Å². The molecule has 0 saturated carbocycles. The van der Waals surface area contributed by atoms with E-state index in [4.69, 9.17) is 0 Å². The van der Waals surface area contributed by atoms with E-state index in [0.717, 1.165) is 10.9 Å². The van der Waals surface area contributed by atoms with Gasteiger partial charge in [0, 0.05) is 24.3 Å². The fraction of sp³-hybridized carbons (Fsp3) is 0.176. The van der Waals surface area contributed by atoms with Crippen LogP contribution in [-0.2, 0) is 6.54 Å². The molecule has 6 nitrogen and oxygen atoms in total. The Morgan fingerprint density at radius 3 is 2.70 bits per heavy atom. The lowest BCUT2D eigenvalue weighted by molar-refractivity contribution is 0.102. The van der Waals surface area contributed by atoms with Gasteiger partial charge in [-0.25, -0.2) is 9.97 Å². The first-order valence-corrected chi connectivity index (χ1v) is 7.33. The molecule has 0 aliphatic heterocycles. The van der Waals surface area contributed by atoms with Crippen LogP contribution in [0.15, 0.2) is 47.5 Å². The van der Waals surface area contributed by atoms with Gasteiger partial charge in [0.2, 0.25) is 0 Å². The number of rotatable bonds is 3. The van der Waals surface area contributed by atoms with Crippen LogP contribution < -0.4 is 10.9 Å². The van der Waals surface area contributed by atoms with Crippen LogP contribution in [0.1, 0.15) is 22.8 Å². The quantitative estimate of drug-likeness (QED) is 0.806. The molecule has 0 aromatic carbocycles. The van der Waals surface area contributed by atoms with Crippen LogP contribution in [0.2, 0.25) is 0 Å². The summed E-state index contributed by atoms with van der Waals surface area (Å²) in [4.78, 5) is 33.4. The summed E-state index contributed by atoms with van der Waals surface area (Å²) in [5, 5.41) is 3.45. The maximum atomic E-state index is 12.6. The number of anilines is 1. The highest BCUT2D eigenvalue weighted by molar-refractivity contribution is 6.05. The molecule has 6 heteroatoms. The number of hydrogen-bond donors (Lipinski definition) is 1. The van der Waals surface area contributed by atoms with Crippen molar-refractivity contribution >= 4 is 22.8 Å². The Morgan fingerprint density at radius 1 is 1.22 bits per heavy atom. The maximum Gasteiger partial charge on any atom is 0.265 e. The van der Waals surface area contributed by atoms with Gasteiger partial charge in [0.1, 0.15) is 17.0 Å². The minimum Gasteiger partial charge on any atom is -0.306 e. The van der Waals surface area contributed by atoms with Gasteiger partial charge in [-0.1, -0.05) is 6.07 Å². The monoisotopic (exact) mass is 308 g/mol. The molecule has 3 aromatic rings. The number of aromatic nitrogens is 3. The minimum atomic E-state index is -0.468. The summed E-state index contributed by atoms with van der Waals surface area (Å²) in [6.45, 7) is 4.13. The Hall–Kier alpha value is -3.02. The molecule has 3 heterocycles. The van der Waals surface area contributed by atoms with Crippen LogP contribution in [0, 0.1) is 6.92 Å². The van der Waals surface area contributed by atoms with E-state index in [9.17, 15) is 9.59 Å². The van der Waals surface area contributed by atoms with E-state index in [1.165, 1.54) is 4.57 Å². The van der Waals surface area contributed by atoms with Gasteiger partial charge in [-0.3, -0.25) is 14.2 Å². The largest absolute Gasteiger partial charge is 0.306 e. The smallest absolute Gasteiger partial charge is 0.265 e. The van der Waals surface area contributed by atoms with E-state index in [2.05, 4.69) is 15.3 Å². The molecule has 0 bridgehead atoms. The fourth-order valence-electron chi connectivity index (χ4n) is 2.45. The summed E-state index contributed by atoms with van der Waals surface area (Å²) in [7, 11) is 0. The van der Waals surface area contributed by atoms with Gasteiger partial charge in [0.05, 0.1) is 0 Å². The molecule has 1 amide bonds. The van der Waals surface area contributed by atoms with Crippen LogP contribution in [0.3, 0.4) is 0 Å². The summed E-state index contributed by atoms with van der Waals surface area (Å²) >= 11 is 0. The zero-order chi connectivity index (χ0) is 16.4. The van der Waals surface area contributed by atoms with Crippen molar-refractivity contribution in [3.05, 3.63) is 64.2 Å². The summed E-state index contributed by atoms with van der Waals surface area (Å²) in [6, 6.07) is 8.81. The standard InChI is InChI=1S/C17H16N4O2/c1-3-21-15-12(7-5-9-19-15)10-13(17(21)23)16(22)20-14-11(2)6-4-8-18-14/h4-10H,3H2,1-2H3,(H,18,20,22). The van der Waals surface area contributed by atoms with Gasteiger partial charge < -0.3 is 5.32 Å². The predicted octanol–water partition coefficient (Wildman–Crippen LogP) is 2.37. The maximum absolute atomic E-state index is 12.6. The third-order valence-electron chi connectivity index (χ3n) is 3.65. The Bertz CT molecular complexity index is 947. The van der Waals surface area contributed by atoms with Crippen LogP contribution >= 0.6 is 0 Å². The lowest BCUT2D eigenvalue weighted by Crippen LogP contribution is -2.29. The molecule has 0 aliphatic carbocycles. The number of carbonyl (C=O) groups excluding carboxylic acids is 1. The molecule has 0 fully saturated rings. The zero-order valence-electron chi connectivity index (χ0n) is 12.9. The average Bonchev–Trinajstić information content (AvgIpc) is 2.56. The molecule has 1 N–H and O–H groups in total. The third kappa shape index (κ3) is 2.70. The number of carbonyl (C=O) groups is 1. The lowest BCUT2D eigenvalue weighted by Gasteiger charge is -2.11. The minimum absolute atomic E-state index is 0.0809. The van der Waals surface area contributed by atoms with Crippen LogP contribution in [0.5, 0.6) is 0 Å². The van der Waals surface area contributed by atoms with Gasteiger partial charge in [0.25, 0.3) is 11.5 Å². The number of fused-ring (bicyclic) bond motifs is 1. The first kappa shape index (κ1) is 14.9. The van der Waals surface area contributed by atoms with Crippen LogP contribution in [0.25, 0.3) is 11.0 Å². The van der Waals surface area contributed by atoms with Crippen molar-refractivity contribution in [2.75, 3.05) is 5.32 Å². The topological polar surface area (TPSA) is 76.9 Å². The highest BCUT2D eigenvalue weighted by Crippen LogP contribution is 2.14. The Labute approximate surface area is 132 Å². The molecule has 0 unspecified atom stereocenters. The second-order valence-corrected chi connectivity index (χ2v) is 5.15. The summed E-state index contributed by atoms with van der Waals surface area (Å²) in [5.41, 5.74) is 1.13. The molecule has 116 valence electrons. The first-order chi connectivity index (χ1) is 11.1. The third-order valence-corrected chi connectivity index (χ3v) is 3.65. The van der Waals surface area contributed by atoms with Gasteiger partial charge in [-0.05, 0) is 43.7 Å².